The Morgan fingerprint density at radius 3 is 2.46 bits per heavy atom. The molecule has 0 aliphatic heterocycles. The van der Waals surface area contributed by atoms with Gasteiger partial charge in [0, 0.05) is 17.5 Å². The van der Waals surface area contributed by atoms with Gasteiger partial charge in [-0.2, -0.15) is 0 Å². The van der Waals surface area contributed by atoms with Gasteiger partial charge in [0.2, 0.25) is 5.91 Å². The predicted molar refractivity (Wildman–Crippen MR) is 95.4 cm³/mol. The van der Waals surface area contributed by atoms with Crippen LogP contribution in [0.15, 0.2) is 59.5 Å². The van der Waals surface area contributed by atoms with E-state index in [-0.39, 0.29) is 24.4 Å². The lowest BCUT2D eigenvalue weighted by Crippen LogP contribution is -2.35. The van der Waals surface area contributed by atoms with Crippen LogP contribution in [0, 0.1) is 5.82 Å². The molecule has 2 aromatic carbocycles. The Labute approximate surface area is 146 Å². The van der Waals surface area contributed by atoms with Crippen molar-refractivity contribution in [3.63, 3.8) is 0 Å². The van der Waals surface area contributed by atoms with Crippen molar-refractivity contribution in [3.8, 4) is 0 Å². The van der Waals surface area contributed by atoms with E-state index >= 15 is 0 Å². The number of thioether (sulfide) groups is 1. The van der Waals surface area contributed by atoms with Gasteiger partial charge >= 0.3 is 0 Å². The highest BCUT2D eigenvalue weighted by Gasteiger charge is 2.23. The van der Waals surface area contributed by atoms with Gasteiger partial charge in [-0.3, -0.25) is 4.79 Å². The molecule has 0 bridgehead atoms. The molecule has 3 nitrogen and oxygen atoms in total. The lowest BCUT2D eigenvalue weighted by Gasteiger charge is -2.20. The van der Waals surface area contributed by atoms with E-state index in [1.165, 1.54) is 23.9 Å². The summed E-state index contributed by atoms with van der Waals surface area (Å²) in [5.41, 5.74) is 0.902. The number of aliphatic hydroxyl groups is 1. The van der Waals surface area contributed by atoms with Crippen LogP contribution in [-0.4, -0.2) is 23.7 Å². The molecular formula is C19H22FNO2S. The fourth-order valence-electron chi connectivity index (χ4n) is 2.34. The molecular weight excluding hydrogens is 325 g/mol. The standard InChI is InChI=1S/C19H22FNO2S/c1-14(6-5-13-22)21-19(23)18(15-7-3-2-4-8-15)24-17-11-9-16(20)10-12-17/h2-4,7-12,14,18,22H,5-6,13H2,1H3,(H,21,23). The fourth-order valence-corrected chi connectivity index (χ4v) is 3.37. The maximum Gasteiger partial charge on any atom is 0.238 e. The van der Waals surface area contributed by atoms with E-state index in [9.17, 15) is 9.18 Å². The molecule has 0 aliphatic carbocycles. The Bertz CT molecular complexity index is 634. The number of hydrogen-bond acceptors (Lipinski definition) is 3. The second kappa shape index (κ2) is 9.45. The molecule has 0 aromatic heterocycles. The molecule has 2 N–H and O–H groups in total. The van der Waals surface area contributed by atoms with Crippen LogP contribution in [0.3, 0.4) is 0 Å². The van der Waals surface area contributed by atoms with Gasteiger partial charge in [-0.25, -0.2) is 4.39 Å². The zero-order valence-electron chi connectivity index (χ0n) is 13.6. The number of rotatable bonds is 8. The Morgan fingerprint density at radius 2 is 1.83 bits per heavy atom. The Kier molecular flexibility index (Phi) is 7.28. The number of amides is 1. The van der Waals surface area contributed by atoms with Gasteiger partial charge < -0.3 is 10.4 Å². The van der Waals surface area contributed by atoms with Gasteiger partial charge in [0.25, 0.3) is 0 Å². The molecule has 0 radical (unpaired) electrons. The molecule has 0 spiro atoms. The second-order valence-electron chi connectivity index (χ2n) is 5.64. The van der Waals surface area contributed by atoms with Gasteiger partial charge in [0.05, 0.1) is 0 Å². The number of halogens is 1. The summed E-state index contributed by atoms with van der Waals surface area (Å²) >= 11 is 1.40. The molecule has 0 saturated carbocycles. The van der Waals surface area contributed by atoms with Crippen molar-refractivity contribution in [2.75, 3.05) is 6.61 Å². The first kappa shape index (κ1) is 18.5. The first-order chi connectivity index (χ1) is 11.6. The summed E-state index contributed by atoms with van der Waals surface area (Å²) in [6.07, 6.45) is 1.38. The van der Waals surface area contributed by atoms with Gasteiger partial charge in [-0.1, -0.05) is 30.3 Å². The zero-order valence-corrected chi connectivity index (χ0v) is 14.4. The molecule has 2 atom stereocenters. The monoisotopic (exact) mass is 347 g/mol. The molecule has 0 aliphatic rings. The topological polar surface area (TPSA) is 49.3 Å². The summed E-state index contributed by atoms with van der Waals surface area (Å²) in [5, 5.41) is 11.5. The third-order valence-electron chi connectivity index (χ3n) is 3.59. The molecule has 1 amide bonds. The number of nitrogens with one attached hydrogen (secondary N) is 1. The normalized spacial score (nSPS) is 13.3. The number of hydrogen-bond donors (Lipinski definition) is 2. The summed E-state index contributed by atoms with van der Waals surface area (Å²) in [4.78, 5) is 13.6. The molecule has 2 aromatic rings. The summed E-state index contributed by atoms with van der Waals surface area (Å²) in [6, 6.07) is 15.7. The molecule has 2 unspecified atom stereocenters. The minimum absolute atomic E-state index is 0.00956. The van der Waals surface area contributed by atoms with Gasteiger partial charge in [0.15, 0.2) is 0 Å². The molecule has 0 heterocycles. The second-order valence-corrected chi connectivity index (χ2v) is 6.82. The maximum atomic E-state index is 13.1. The zero-order chi connectivity index (χ0) is 17.4. The van der Waals surface area contributed by atoms with E-state index in [0.29, 0.717) is 6.42 Å². The smallest absolute Gasteiger partial charge is 0.238 e. The minimum Gasteiger partial charge on any atom is -0.396 e. The first-order valence-corrected chi connectivity index (χ1v) is 8.86. The summed E-state index contributed by atoms with van der Waals surface area (Å²) in [6.45, 7) is 2.05. The van der Waals surface area contributed by atoms with Gasteiger partial charge in [-0.05, 0) is 49.6 Å². The van der Waals surface area contributed by atoms with E-state index in [1.807, 2.05) is 37.3 Å². The fraction of sp³-hybridized carbons (Fsp3) is 0.316. The van der Waals surface area contributed by atoms with Crippen LogP contribution in [0.1, 0.15) is 30.6 Å². The van der Waals surface area contributed by atoms with E-state index < -0.39 is 5.25 Å². The van der Waals surface area contributed by atoms with Crippen LogP contribution < -0.4 is 5.32 Å². The largest absolute Gasteiger partial charge is 0.396 e. The van der Waals surface area contributed by atoms with Crippen LogP contribution in [-0.2, 0) is 4.79 Å². The van der Waals surface area contributed by atoms with E-state index in [1.54, 1.807) is 12.1 Å². The molecule has 5 heteroatoms. The Balaban J connectivity index is 2.13. The highest BCUT2D eigenvalue weighted by atomic mass is 32.2. The number of carbonyl (C=O) groups excluding carboxylic acids is 1. The quantitative estimate of drug-likeness (QED) is 0.711. The average molecular weight is 347 g/mol. The maximum absolute atomic E-state index is 13.1. The molecule has 128 valence electrons. The van der Waals surface area contributed by atoms with Gasteiger partial charge in [-0.15, -0.1) is 11.8 Å². The third-order valence-corrected chi connectivity index (χ3v) is 4.86. The van der Waals surface area contributed by atoms with Crippen LogP contribution >= 0.6 is 11.8 Å². The van der Waals surface area contributed by atoms with Crippen molar-refractivity contribution < 1.29 is 14.3 Å². The molecule has 0 fully saturated rings. The lowest BCUT2D eigenvalue weighted by molar-refractivity contribution is -0.121. The molecule has 24 heavy (non-hydrogen) atoms. The molecule has 2 rings (SSSR count). The van der Waals surface area contributed by atoms with Crippen LogP contribution in [0.25, 0.3) is 0 Å². The lowest BCUT2D eigenvalue weighted by atomic mass is 10.1. The van der Waals surface area contributed by atoms with Crippen molar-refractivity contribution in [1.82, 2.24) is 5.32 Å². The Morgan fingerprint density at radius 1 is 1.17 bits per heavy atom. The molecule has 0 saturated heterocycles. The van der Waals surface area contributed by atoms with Crippen molar-refractivity contribution in [2.45, 2.75) is 36.0 Å². The van der Waals surface area contributed by atoms with E-state index in [0.717, 1.165) is 16.9 Å². The highest BCUT2D eigenvalue weighted by molar-refractivity contribution is 8.00. The average Bonchev–Trinajstić information content (AvgIpc) is 2.60. The van der Waals surface area contributed by atoms with Crippen molar-refractivity contribution in [1.29, 1.82) is 0 Å². The van der Waals surface area contributed by atoms with E-state index in [2.05, 4.69) is 5.32 Å². The van der Waals surface area contributed by atoms with Gasteiger partial charge in [0.1, 0.15) is 11.1 Å². The van der Waals surface area contributed by atoms with Crippen molar-refractivity contribution in [3.05, 3.63) is 66.0 Å². The van der Waals surface area contributed by atoms with Crippen molar-refractivity contribution in [2.24, 2.45) is 0 Å². The number of benzene rings is 2. The predicted octanol–water partition coefficient (Wildman–Crippen LogP) is 3.94. The minimum atomic E-state index is -0.409. The first-order valence-electron chi connectivity index (χ1n) is 7.98. The number of aliphatic hydroxyl groups excluding tert-OH is 1. The SMILES string of the molecule is CC(CCCO)NC(=O)C(Sc1ccc(F)cc1)c1ccccc1. The highest BCUT2D eigenvalue weighted by Crippen LogP contribution is 2.35. The van der Waals surface area contributed by atoms with E-state index in [4.69, 9.17) is 5.11 Å². The Hall–Kier alpha value is -1.85. The third kappa shape index (κ3) is 5.65. The van der Waals surface area contributed by atoms with Crippen LogP contribution in [0.5, 0.6) is 0 Å². The summed E-state index contributed by atoms with van der Waals surface area (Å²) < 4.78 is 13.1. The summed E-state index contributed by atoms with van der Waals surface area (Å²) in [7, 11) is 0. The van der Waals surface area contributed by atoms with Crippen LogP contribution in [0.4, 0.5) is 4.39 Å². The summed E-state index contributed by atoms with van der Waals surface area (Å²) in [5.74, 6) is -0.376. The van der Waals surface area contributed by atoms with Crippen LogP contribution in [0.2, 0.25) is 0 Å². The van der Waals surface area contributed by atoms with Crippen molar-refractivity contribution >= 4 is 17.7 Å². The number of carbonyl (C=O) groups is 1.